The van der Waals surface area contributed by atoms with Gasteiger partial charge in [-0.1, -0.05) is 61.0 Å². The molecule has 0 unspecified atom stereocenters. The Bertz CT molecular complexity index is 566. The molecule has 22 heavy (non-hydrogen) atoms. The molecular formula is C20H28N2. The molecule has 1 saturated carbocycles. The van der Waals surface area contributed by atoms with Crippen LogP contribution in [0.5, 0.6) is 0 Å². The normalized spacial score (nSPS) is 14.9. The highest BCUT2D eigenvalue weighted by Crippen LogP contribution is 2.44. The van der Waals surface area contributed by atoms with Crippen LogP contribution in [0.4, 0.5) is 0 Å². The Hall–Kier alpha value is -1.64. The molecule has 2 aromatic rings. The SMILES string of the molecule is CCc1ccc(C2(NC)CC2)cc1.Cc1ccc(CN)cc1. The van der Waals surface area contributed by atoms with Crippen LogP contribution in [0.2, 0.25) is 0 Å². The van der Waals surface area contributed by atoms with E-state index < -0.39 is 0 Å². The van der Waals surface area contributed by atoms with Gasteiger partial charge in [0.25, 0.3) is 0 Å². The maximum atomic E-state index is 5.40. The highest BCUT2D eigenvalue weighted by Gasteiger charge is 2.42. The predicted molar refractivity (Wildman–Crippen MR) is 94.9 cm³/mol. The molecule has 3 rings (SSSR count). The van der Waals surface area contributed by atoms with Gasteiger partial charge in [-0.05, 0) is 49.9 Å². The van der Waals surface area contributed by atoms with Crippen LogP contribution in [0.1, 0.15) is 42.0 Å². The van der Waals surface area contributed by atoms with Gasteiger partial charge in [-0.3, -0.25) is 0 Å². The monoisotopic (exact) mass is 296 g/mol. The van der Waals surface area contributed by atoms with Crippen LogP contribution in [0.15, 0.2) is 48.5 Å². The van der Waals surface area contributed by atoms with Crippen molar-refractivity contribution in [3.8, 4) is 0 Å². The van der Waals surface area contributed by atoms with E-state index in [4.69, 9.17) is 5.73 Å². The Morgan fingerprint density at radius 3 is 1.91 bits per heavy atom. The van der Waals surface area contributed by atoms with Crippen LogP contribution < -0.4 is 11.1 Å². The number of hydrogen-bond donors (Lipinski definition) is 2. The zero-order chi connectivity index (χ0) is 16.0. The van der Waals surface area contributed by atoms with Crippen LogP contribution in [-0.4, -0.2) is 7.05 Å². The summed E-state index contributed by atoms with van der Waals surface area (Å²) in [7, 11) is 2.06. The van der Waals surface area contributed by atoms with Crippen molar-refractivity contribution in [3.63, 3.8) is 0 Å². The van der Waals surface area contributed by atoms with Gasteiger partial charge >= 0.3 is 0 Å². The van der Waals surface area contributed by atoms with E-state index in [1.807, 2.05) is 0 Å². The van der Waals surface area contributed by atoms with Gasteiger partial charge < -0.3 is 11.1 Å². The highest BCUT2D eigenvalue weighted by atomic mass is 15.0. The number of benzene rings is 2. The third-order valence-electron chi connectivity index (χ3n) is 4.50. The van der Waals surface area contributed by atoms with Gasteiger partial charge in [0.1, 0.15) is 0 Å². The lowest BCUT2D eigenvalue weighted by molar-refractivity contribution is 0.585. The van der Waals surface area contributed by atoms with Crippen molar-refractivity contribution in [1.82, 2.24) is 5.32 Å². The minimum atomic E-state index is 0.326. The van der Waals surface area contributed by atoms with E-state index in [2.05, 4.69) is 74.7 Å². The maximum absolute atomic E-state index is 5.40. The summed E-state index contributed by atoms with van der Waals surface area (Å²) >= 11 is 0. The van der Waals surface area contributed by atoms with E-state index in [0.29, 0.717) is 12.1 Å². The standard InChI is InChI=1S/C12H17N.C8H11N/c1-3-10-4-6-11(7-5-10)12(13-2)8-9-12;1-7-2-4-8(6-9)5-3-7/h4-7,13H,3,8-9H2,1-2H3;2-5H,6,9H2,1H3. The Kier molecular flexibility index (Phi) is 5.76. The Labute approximate surface area is 134 Å². The quantitative estimate of drug-likeness (QED) is 0.897. The molecule has 0 aliphatic heterocycles. The second-order valence-electron chi connectivity index (χ2n) is 6.07. The van der Waals surface area contributed by atoms with Gasteiger partial charge in [-0.15, -0.1) is 0 Å². The summed E-state index contributed by atoms with van der Waals surface area (Å²) in [5.41, 5.74) is 11.1. The number of hydrogen-bond acceptors (Lipinski definition) is 2. The topological polar surface area (TPSA) is 38.0 Å². The third-order valence-corrected chi connectivity index (χ3v) is 4.50. The largest absolute Gasteiger partial charge is 0.326 e. The summed E-state index contributed by atoms with van der Waals surface area (Å²) in [6.45, 7) is 4.90. The molecule has 2 aromatic carbocycles. The number of nitrogens with two attached hydrogens (primary N) is 1. The second-order valence-corrected chi connectivity index (χ2v) is 6.07. The molecule has 0 heterocycles. The lowest BCUT2D eigenvalue weighted by Gasteiger charge is -2.14. The lowest BCUT2D eigenvalue weighted by Crippen LogP contribution is -2.24. The van der Waals surface area contributed by atoms with Crippen LogP contribution in [0, 0.1) is 6.92 Å². The summed E-state index contributed by atoms with van der Waals surface area (Å²) in [5, 5.41) is 3.41. The molecule has 0 aromatic heterocycles. The first-order valence-corrected chi connectivity index (χ1v) is 8.17. The van der Waals surface area contributed by atoms with Crippen molar-refractivity contribution in [2.75, 3.05) is 7.05 Å². The predicted octanol–water partition coefficient (Wildman–Crippen LogP) is 3.91. The highest BCUT2D eigenvalue weighted by molar-refractivity contribution is 5.32. The average Bonchev–Trinajstić information content (AvgIpc) is 3.37. The van der Waals surface area contributed by atoms with Crippen molar-refractivity contribution in [1.29, 1.82) is 0 Å². The summed E-state index contributed by atoms with van der Waals surface area (Å²) in [6.07, 6.45) is 3.71. The Morgan fingerprint density at radius 1 is 0.955 bits per heavy atom. The second kappa shape index (κ2) is 7.57. The van der Waals surface area contributed by atoms with Crippen molar-refractivity contribution in [2.24, 2.45) is 5.73 Å². The fraction of sp³-hybridized carbons (Fsp3) is 0.400. The zero-order valence-electron chi connectivity index (χ0n) is 14.0. The maximum Gasteiger partial charge on any atom is 0.0433 e. The molecule has 0 spiro atoms. The summed E-state index contributed by atoms with van der Waals surface area (Å²) < 4.78 is 0. The molecular weight excluding hydrogens is 268 g/mol. The molecule has 0 saturated heterocycles. The minimum Gasteiger partial charge on any atom is -0.326 e. The average molecular weight is 296 g/mol. The molecule has 0 bridgehead atoms. The summed E-state index contributed by atoms with van der Waals surface area (Å²) in [4.78, 5) is 0. The molecule has 1 aliphatic rings. The van der Waals surface area contributed by atoms with E-state index in [1.165, 1.54) is 35.1 Å². The smallest absolute Gasteiger partial charge is 0.0433 e. The number of rotatable bonds is 4. The fourth-order valence-electron chi connectivity index (χ4n) is 2.59. The first-order chi connectivity index (χ1) is 10.6. The van der Waals surface area contributed by atoms with Gasteiger partial charge in [-0.2, -0.15) is 0 Å². The van der Waals surface area contributed by atoms with Crippen molar-refractivity contribution < 1.29 is 0 Å². The van der Waals surface area contributed by atoms with Gasteiger partial charge in [0.2, 0.25) is 0 Å². The van der Waals surface area contributed by atoms with Gasteiger partial charge in [-0.25, -0.2) is 0 Å². The molecule has 1 aliphatic carbocycles. The first-order valence-electron chi connectivity index (χ1n) is 8.17. The molecule has 1 fully saturated rings. The van der Waals surface area contributed by atoms with Crippen LogP contribution >= 0.6 is 0 Å². The van der Waals surface area contributed by atoms with Crippen LogP contribution in [-0.2, 0) is 18.5 Å². The van der Waals surface area contributed by atoms with Crippen LogP contribution in [0.25, 0.3) is 0 Å². The first kappa shape index (κ1) is 16.7. The number of nitrogens with one attached hydrogen (secondary N) is 1. The molecule has 0 radical (unpaired) electrons. The summed E-state index contributed by atoms with van der Waals surface area (Å²) in [6, 6.07) is 17.3. The van der Waals surface area contributed by atoms with E-state index in [-0.39, 0.29) is 0 Å². The van der Waals surface area contributed by atoms with Crippen molar-refractivity contribution in [2.45, 2.75) is 45.2 Å². The van der Waals surface area contributed by atoms with Gasteiger partial charge in [0.15, 0.2) is 0 Å². The van der Waals surface area contributed by atoms with Gasteiger partial charge in [0.05, 0.1) is 0 Å². The fourth-order valence-corrected chi connectivity index (χ4v) is 2.59. The zero-order valence-corrected chi connectivity index (χ0v) is 14.0. The lowest BCUT2D eigenvalue weighted by atomic mass is 10.0. The molecule has 0 atom stereocenters. The molecule has 3 N–H and O–H groups in total. The summed E-state index contributed by atoms with van der Waals surface area (Å²) in [5.74, 6) is 0. The van der Waals surface area contributed by atoms with E-state index in [0.717, 1.165) is 6.42 Å². The third kappa shape index (κ3) is 4.19. The Morgan fingerprint density at radius 2 is 1.50 bits per heavy atom. The van der Waals surface area contributed by atoms with Crippen LogP contribution in [0.3, 0.4) is 0 Å². The Balaban J connectivity index is 0.000000172. The van der Waals surface area contributed by atoms with E-state index in [1.54, 1.807) is 0 Å². The molecule has 118 valence electrons. The van der Waals surface area contributed by atoms with Gasteiger partial charge in [0, 0.05) is 12.1 Å². The molecule has 0 amide bonds. The van der Waals surface area contributed by atoms with E-state index >= 15 is 0 Å². The number of aryl methyl sites for hydroxylation is 2. The van der Waals surface area contributed by atoms with E-state index in [9.17, 15) is 0 Å². The van der Waals surface area contributed by atoms with Crippen molar-refractivity contribution >= 4 is 0 Å². The molecule has 2 heteroatoms. The molecule has 2 nitrogen and oxygen atoms in total. The minimum absolute atomic E-state index is 0.326. The van der Waals surface area contributed by atoms with Crippen molar-refractivity contribution in [3.05, 3.63) is 70.8 Å².